The summed E-state index contributed by atoms with van der Waals surface area (Å²) in [5.41, 5.74) is 3.13. The van der Waals surface area contributed by atoms with Gasteiger partial charge < -0.3 is 31.1 Å². The Morgan fingerprint density at radius 3 is 2.39 bits per heavy atom. The van der Waals surface area contributed by atoms with Crippen LogP contribution in [0, 0.1) is 11.8 Å². The lowest BCUT2D eigenvalue weighted by atomic mass is 9.57. The minimum atomic E-state index is -2.62. The molecule has 1 unspecified atom stereocenters. The van der Waals surface area contributed by atoms with Crippen LogP contribution < -0.4 is 10.6 Å². The third kappa shape index (κ3) is 3.20. The number of nitrogens with two attached hydrogens (primary N) is 1. The molecule has 0 radical (unpaired) electrons. The molecule has 1 aliphatic heterocycles. The first-order valence-electron chi connectivity index (χ1n) is 12.2. The molecule has 10 heteroatoms. The molecule has 1 saturated heterocycles. The van der Waals surface area contributed by atoms with Crippen LogP contribution >= 0.6 is 0 Å². The van der Waals surface area contributed by atoms with Crippen molar-refractivity contribution in [2.24, 2.45) is 17.6 Å². The Morgan fingerprint density at radius 1 is 1.11 bits per heavy atom. The van der Waals surface area contributed by atoms with Gasteiger partial charge in [0.15, 0.2) is 11.4 Å². The highest BCUT2D eigenvalue weighted by Gasteiger charge is 2.64. The number of phenolic OH excluding ortho intramolecular Hbond substituents is 1. The van der Waals surface area contributed by atoms with Crippen molar-refractivity contribution in [2.45, 2.75) is 43.7 Å². The summed E-state index contributed by atoms with van der Waals surface area (Å²) in [5.74, 6) is -6.31. The average molecular weight is 498 g/mol. The van der Waals surface area contributed by atoms with Gasteiger partial charge in [-0.05, 0) is 63.7 Å². The van der Waals surface area contributed by atoms with Crippen molar-refractivity contribution < 1.29 is 34.8 Å². The minimum Gasteiger partial charge on any atom is -0.508 e. The molecular formula is C26H31N3O7. The van der Waals surface area contributed by atoms with Gasteiger partial charge in [0.1, 0.15) is 22.8 Å². The van der Waals surface area contributed by atoms with Gasteiger partial charge >= 0.3 is 0 Å². The van der Waals surface area contributed by atoms with Gasteiger partial charge in [-0.3, -0.25) is 19.3 Å². The number of carbonyl (C=O) groups is 3. The summed E-state index contributed by atoms with van der Waals surface area (Å²) in [6.45, 7) is 1.53. The highest BCUT2D eigenvalue weighted by molar-refractivity contribution is 6.24. The van der Waals surface area contributed by atoms with Crippen molar-refractivity contribution in [3.8, 4) is 5.75 Å². The quantitative estimate of drug-likeness (QED) is 0.382. The zero-order valence-electron chi connectivity index (χ0n) is 20.3. The molecule has 10 nitrogen and oxygen atoms in total. The number of likely N-dealkylation sites (N-methyl/N-ethyl adjacent to an activating group) is 1. The van der Waals surface area contributed by atoms with Crippen molar-refractivity contribution in [3.63, 3.8) is 0 Å². The predicted molar refractivity (Wildman–Crippen MR) is 130 cm³/mol. The maximum absolute atomic E-state index is 13.9. The molecule has 0 spiro atoms. The number of carbonyl (C=O) groups excluding carboxylic acids is 3. The van der Waals surface area contributed by atoms with Crippen LogP contribution in [0.3, 0.4) is 0 Å². The standard InChI is InChI=1S/C26H31N3O7/c1-28(2)19-14-11-13-10-12-6-7-15(29-8-4-3-5-9-29)20(30)16(12)21(31)17(13)23(33)26(14,36)24(34)18(22(19)32)25(27)35/h6-7,13-14,19,30-31,34,36H,3-5,8-11H2,1-2H3,(H2,27,35)/t13-,14-,19?,26-/m0/s1. The molecule has 2 fully saturated rings. The molecule has 1 aromatic carbocycles. The first-order chi connectivity index (χ1) is 17.0. The van der Waals surface area contributed by atoms with Crippen LogP contribution in [-0.4, -0.2) is 81.6 Å². The van der Waals surface area contributed by atoms with Crippen LogP contribution in [0.4, 0.5) is 5.69 Å². The highest BCUT2D eigenvalue weighted by Crippen LogP contribution is 2.53. The summed E-state index contributed by atoms with van der Waals surface area (Å²) in [6.07, 6.45) is 3.45. The summed E-state index contributed by atoms with van der Waals surface area (Å²) in [6, 6.07) is 2.56. The number of anilines is 1. The fraction of sp³-hybridized carbons (Fsp3) is 0.500. The van der Waals surface area contributed by atoms with Gasteiger partial charge in [0.2, 0.25) is 5.78 Å². The summed E-state index contributed by atoms with van der Waals surface area (Å²) in [7, 11) is 3.15. The van der Waals surface area contributed by atoms with E-state index in [1.165, 1.54) is 4.90 Å². The topological polar surface area (TPSA) is 165 Å². The number of rotatable bonds is 3. The Kier molecular flexibility index (Phi) is 5.64. The van der Waals surface area contributed by atoms with Crippen molar-refractivity contribution >= 4 is 28.9 Å². The van der Waals surface area contributed by atoms with Crippen LogP contribution in [0.25, 0.3) is 5.76 Å². The predicted octanol–water partition coefficient (Wildman–Crippen LogP) is 0.954. The van der Waals surface area contributed by atoms with Crippen LogP contribution in [0.5, 0.6) is 5.75 Å². The Labute approximate surface area is 208 Å². The number of amides is 1. The Hall–Kier alpha value is -3.37. The van der Waals surface area contributed by atoms with Crippen molar-refractivity contribution in [3.05, 3.63) is 40.2 Å². The number of phenols is 1. The van der Waals surface area contributed by atoms with Crippen molar-refractivity contribution in [1.82, 2.24) is 4.90 Å². The largest absolute Gasteiger partial charge is 0.508 e. The maximum Gasteiger partial charge on any atom is 0.255 e. The van der Waals surface area contributed by atoms with Gasteiger partial charge in [-0.2, -0.15) is 0 Å². The first kappa shape index (κ1) is 24.3. The number of hydrogen-bond donors (Lipinski definition) is 5. The number of primary amides is 1. The summed E-state index contributed by atoms with van der Waals surface area (Å²) >= 11 is 0. The Morgan fingerprint density at radius 2 is 1.78 bits per heavy atom. The average Bonchev–Trinajstić information content (AvgIpc) is 2.81. The SMILES string of the molecule is CN(C)C1C(=O)C(C(N)=O)=C(O)[C@@]2(O)C(=O)C3=C(O)c4c(ccc(N5CCCCC5)c4O)C[C@H]3C[C@@H]12. The number of hydrogen-bond acceptors (Lipinski definition) is 9. The van der Waals surface area contributed by atoms with Gasteiger partial charge in [-0.15, -0.1) is 0 Å². The number of piperidine rings is 1. The number of ketones is 2. The number of aliphatic hydroxyl groups excluding tert-OH is 2. The summed E-state index contributed by atoms with van der Waals surface area (Å²) < 4.78 is 0. The molecule has 1 aromatic rings. The van der Waals surface area contributed by atoms with Gasteiger partial charge in [0, 0.05) is 24.6 Å². The van der Waals surface area contributed by atoms with E-state index in [0.29, 0.717) is 17.7 Å². The normalized spacial score (nSPS) is 30.3. The molecule has 1 heterocycles. The van der Waals surface area contributed by atoms with E-state index in [-0.39, 0.29) is 23.3 Å². The zero-order valence-corrected chi connectivity index (χ0v) is 20.3. The molecule has 0 bridgehead atoms. The number of nitrogens with zero attached hydrogens (tertiary/aromatic N) is 2. The number of benzene rings is 1. The van der Waals surface area contributed by atoms with E-state index >= 15 is 0 Å². The van der Waals surface area contributed by atoms with E-state index < -0.39 is 58.0 Å². The molecule has 36 heavy (non-hydrogen) atoms. The molecule has 3 aliphatic carbocycles. The molecule has 6 N–H and O–H groups in total. The molecular weight excluding hydrogens is 466 g/mol. The number of fused-ring (bicyclic) bond motifs is 3. The molecule has 4 atom stereocenters. The van der Waals surface area contributed by atoms with E-state index in [1.807, 2.05) is 17.0 Å². The van der Waals surface area contributed by atoms with Gasteiger partial charge in [-0.1, -0.05) is 6.07 Å². The van der Waals surface area contributed by atoms with Crippen LogP contribution in [0.2, 0.25) is 0 Å². The van der Waals surface area contributed by atoms with Gasteiger partial charge in [0.25, 0.3) is 5.91 Å². The summed E-state index contributed by atoms with van der Waals surface area (Å²) in [5, 5.41) is 45.0. The molecule has 0 aromatic heterocycles. The fourth-order valence-electron chi connectivity index (χ4n) is 6.60. The van der Waals surface area contributed by atoms with Crippen molar-refractivity contribution in [2.75, 3.05) is 32.1 Å². The molecule has 1 amide bonds. The van der Waals surface area contributed by atoms with E-state index in [4.69, 9.17) is 5.73 Å². The monoisotopic (exact) mass is 497 g/mol. The summed E-state index contributed by atoms with van der Waals surface area (Å²) in [4.78, 5) is 42.5. The van der Waals surface area contributed by atoms with E-state index in [1.54, 1.807) is 14.1 Å². The number of Topliss-reactive ketones (excluding diaryl/α,β-unsaturated/α-hetero) is 2. The van der Waals surface area contributed by atoms with E-state index in [0.717, 1.165) is 32.4 Å². The maximum atomic E-state index is 13.9. The lowest BCUT2D eigenvalue weighted by Gasteiger charge is -2.50. The van der Waals surface area contributed by atoms with Crippen LogP contribution in [0.1, 0.15) is 36.8 Å². The molecule has 5 rings (SSSR count). The third-order valence-electron chi connectivity index (χ3n) is 8.27. The minimum absolute atomic E-state index is 0.0837. The van der Waals surface area contributed by atoms with Crippen LogP contribution in [-0.2, 0) is 20.8 Å². The van der Waals surface area contributed by atoms with Crippen LogP contribution in [0.15, 0.2) is 29.0 Å². The highest BCUT2D eigenvalue weighted by atomic mass is 16.3. The smallest absolute Gasteiger partial charge is 0.255 e. The Bertz CT molecular complexity index is 1240. The number of aliphatic hydroxyl groups is 3. The first-order valence-corrected chi connectivity index (χ1v) is 12.2. The molecule has 192 valence electrons. The van der Waals surface area contributed by atoms with Gasteiger partial charge in [-0.25, -0.2) is 0 Å². The lowest BCUT2D eigenvalue weighted by molar-refractivity contribution is -0.153. The number of aromatic hydroxyl groups is 1. The molecule has 4 aliphatic rings. The molecule has 1 saturated carbocycles. The zero-order chi connectivity index (χ0) is 26.1. The van der Waals surface area contributed by atoms with Crippen molar-refractivity contribution in [1.29, 1.82) is 0 Å². The van der Waals surface area contributed by atoms with E-state index in [2.05, 4.69) is 0 Å². The second-order valence-corrected chi connectivity index (χ2v) is 10.5. The second kappa shape index (κ2) is 8.35. The fourth-order valence-corrected chi connectivity index (χ4v) is 6.60. The van der Waals surface area contributed by atoms with Gasteiger partial charge in [0.05, 0.1) is 17.3 Å². The van der Waals surface area contributed by atoms with E-state index in [9.17, 15) is 34.8 Å². The third-order valence-corrected chi connectivity index (χ3v) is 8.27. The lowest BCUT2D eigenvalue weighted by Crippen LogP contribution is -2.65. The second-order valence-electron chi connectivity index (χ2n) is 10.5. The Balaban J connectivity index is 1.67.